The quantitative estimate of drug-likeness (QED) is 0.730. The summed E-state index contributed by atoms with van der Waals surface area (Å²) in [6.07, 6.45) is 1.26. The number of alkyl halides is 2. The fourth-order valence-electron chi connectivity index (χ4n) is 2.74. The van der Waals surface area contributed by atoms with Gasteiger partial charge in [0.25, 0.3) is 6.43 Å². The van der Waals surface area contributed by atoms with Crippen LogP contribution in [-0.4, -0.2) is 44.0 Å². The molecule has 2 aliphatic heterocycles. The molecule has 2 heterocycles. The Morgan fingerprint density at radius 2 is 1.93 bits per heavy atom. The van der Waals surface area contributed by atoms with Crippen LogP contribution >= 0.6 is 0 Å². The molecule has 0 saturated carbocycles. The van der Waals surface area contributed by atoms with E-state index in [4.69, 9.17) is 0 Å². The Morgan fingerprint density at radius 1 is 1.21 bits per heavy atom. The molecule has 2 saturated heterocycles. The highest BCUT2D eigenvalue weighted by Crippen LogP contribution is 2.38. The van der Waals surface area contributed by atoms with Gasteiger partial charge in [0.05, 0.1) is 6.54 Å². The fraction of sp³-hybridized carbons (Fsp3) is 1.00. The van der Waals surface area contributed by atoms with Crippen molar-refractivity contribution in [2.24, 2.45) is 5.41 Å². The number of piperidine rings is 1. The molecule has 0 amide bonds. The molecule has 0 radical (unpaired) electrons. The van der Waals surface area contributed by atoms with Crippen molar-refractivity contribution in [3.8, 4) is 0 Å². The molecule has 0 unspecified atom stereocenters. The first kappa shape index (κ1) is 10.3. The van der Waals surface area contributed by atoms with Gasteiger partial charge in [0.1, 0.15) is 0 Å². The van der Waals surface area contributed by atoms with Crippen molar-refractivity contribution in [1.82, 2.24) is 10.2 Å². The SMILES string of the molecule is FC(F)CN1CCC2(CCNCC2)C1. The first-order chi connectivity index (χ1) is 6.70. The Balaban J connectivity index is 1.86. The van der Waals surface area contributed by atoms with E-state index >= 15 is 0 Å². The molecule has 0 bridgehead atoms. The average molecular weight is 204 g/mol. The first-order valence-corrected chi connectivity index (χ1v) is 5.41. The summed E-state index contributed by atoms with van der Waals surface area (Å²) in [7, 11) is 0. The minimum atomic E-state index is -2.17. The predicted octanol–water partition coefficient (Wildman–Crippen LogP) is 1.33. The minimum Gasteiger partial charge on any atom is -0.317 e. The predicted molar refractivity (Wildman–Crippen MR) is 51.6 cm³/mol. The average Bonchev–Trinajstić information content (AvgIpc) is 2.49. The van der Waals surface area contributed by atoms with Crippen molar-refractivity contribution in [2.75, 3.05) is 32.7 Å². The van der Waals surface area contributed by atoms with Crippen molar-refractivity contribution >= 4 is 0 Å². The lowest BCUT2D eigenvalue weighted by atomic mass is 9.78. The van der Waals surface area contributed by atoms with E-state index in [0.717, 1.165) is 45.4 Å². The molecule has 14 heavy (non-hydrogen) atoms. The summed E-state index contributed by atoms with van der Waals surface area (Å²) in [6, 6.07) is 0. The van der Waals surface area contributed by atoms with Crippen LogP contribution in [0.5, 0.6) is 0 Å². The summed E-state index contributed by atoms with van der Waals surface area (Å²) in [5.41, 5.74) is 0.361. The summed E-state index contributed by atoms with van der Waals surface area (Å²) in [5, 5.41) is 3.32. The van der Waals surface area contributed by atoms with Gasteiger partial charge < -0.3 is 5.32 Å². The molecule has 0 aliphatic carbocycles. The van der Waals surface area contributed by atoms with Crippen molar-refractivity contribution in [3.63, 3.8) is 0 Å². The molecule has 0 aromatic rings. The van der Waals surface area contributed by atoms with Gasteiger partial charge in [-0.2, -0.15) is 0 Å². The van der Waals surface area contributed by atoms with Gasteiger partial charge in [-0.3, -0.25) is 4.90 Å². The van der Waals surface area contributed by atoms with Crippen LogP contribution < -0.4 is 5.32 Å². The number of hydrogen-bond donors (Lipinski definition) is 1. The number of nitrogens with zero attached hydrogens (tertiary/aromatic N) is 1. The molecule has 82 valence electrons. The van der Waals surface area contributed by atoms with Crippen molar-refractivity contribution in [2.45, 2.75) is 25.7 Å². The lowest BCUT2D eigenvalue weighted by molar-refractivity contribution is 0.0897. The molecular weight excluding hydrogens is 186 g/mol. The monoisotopic (exact) mass is 204 g/mol. The second-order valence-corrected chi connectivity index (χ2v) is 4.63. The topological polar surface area (TPSA) is 15.3 Å². The van der Waals surface area contributed by atoms with Crippen LogP contribution in [0.4, 0.5) is 8.78 Å². The Kier molecular flexibility index (Phi) is 3.02. The lowest BCUT2D eigenvalue weighted by Crippen LogP contribution is -2.39. The second kappa shape index (κ2) is 4.11. The van der Waals surface area contributed by atoms with Crippen LogP contribution in [-0.2, 0) is 0 Å². The van der Waals surface area contributed by atoms with E-state index in [-0.39, 0.29) is 6.54 Å². The maximum absolute atomic E-state index is 12.2. The van der Waals surface area contributed by atoms with Gasteiger partial charge in [-0.15, -0.1) is 0 Å². The third-order valence-electron chi connectivity index (χ3n) is 3.58. The highest BCUT2D eigenvalue weighted by molar-refractivity contribution is 4.93. The zero-order chi connectivity index (χ0) is 10.0. The zero-order valence-corrected chi connectivity index (χ0v) is 8.44. The third-order valence-corrected chi connectivity index (χ3v) is 3.58. The molecule has 1 spiro atoms. The van der Waals surface area contributed by atoms with E-state index in [1.807, 2.05) is 4.90 Å². The van der Waals surface area contributed by atoms with Crippen molar-refractivity contribution in [1.29, 1.82) is 0 Å². The molecule has 2 aliphatic rings. The van der Waals surface area contributed by atoms with Gasteiger partial charge in [0, 0.05) is 6.54 Å². The highest BCUT2D eigenvalue weighted by Gasteiger charge is 2.39. The van der Waals surface area contributed by atoms with Gasteiger partial charge in [-0.1, -0.05) is 0 Å². The molecule has 2 fully saturated rings. The Labute approximate surface area is 83.7 Å². The van der Waals surface area contributed by atoms with Gasteiger partial charge in [0.2, 0.25) is 0 Å². The Hall–Kier alpha value is -0.220. The minimum absolute atomic E-state index is 0.0326. The normalized spacial score (nSPS) is 27.6. The van der Waals surface area contributed by atoms with E-state index < -0.39 is 6.43 Å². The molecule has 2 nitrogen and oxygen atoms in total. The molecular formula is C10H18F2N2. The zero-order valence-electron chi connectivity index (χ0n) is 8.44. The highest BCUT2D eigenvalue weighted by atomic mass is 19.3. The van der Waals surface area contributed by atoms with Crippen LogP contribution in [0.1, 0.15) is 19.3 Å². The number of hydrogen-bond acceptors (Lipinski definition) is 2. The second-order valence-electron chi connectivity index (χ2n) is 4.63. The van der Waals surface area contributed by atoms with E-state index in [9.17, 15) is 8.78 Å². The van der Waals surface area contributed by atoms with Crippen molar-refractivity contribution in [3.05, 3.63) is 0 Å². The summed E-state index contributed by atoms with van der Waals surface area (Å²) >= 11 is 0. The van der Waals surface area contributed by atoms with Crippen LogP contribution in [0.2, 0.25) is 0 Å². The van der Waals surface area contributed by atoms with E-state index in [2.05, 4.69) is 5.32 Å². The first-order valence-electron chi connectivity index (χ1n) is 5.41. The van der Waals surface area contributed by atoms with Gasteiger partial charge in [0.15, 0.2) is 0 Å². The van der Waals surface area contributed by atoms with Gasteiger partial charge in [-0.25, -0.2) is 8.78 Å². The molecule has 0 aromatic carbocycles. The maximum Gasteiger partial charge on any atom is 0.251 e. The third kappa shape index (κ3) is 2.23. The van der Waals surface area contributed by atoms with Crippen LogP contribution in [0.25, 0.3) is 0 Å². The van der Waals surface area contributed by atoms with E-state index in [1.165, 1.54) is 0 Å². The van der Waals surface area contributed by atoms with E-state index in [1.54, 1.807) is 0 Å². The number of nitrogens with one attached hydrogen (secondary N) is 1. The Morgan fingerprint density at radius 3 is 2.57 bits per heavy atom. The van der Waals surface area contributed by atoms with Crippen LogP contribution in [0, 0.1) is 5.41 Å². The summed E-state index contributed by atoms with van der Waals surface area (Å²) in [5.74, 6) is 0. The Bertz CT molecular complexity index is 191. The number of rotatable bonds is 2. The number of halogens is 2. The summed E-state index contributed by atoms with van der Waals surface area (Å²) < 4.78 is 24.4. The van der Waals surface area contributed by atoms with Gasteiger partial charge >= 0.3 is 0 Å². The molecule has 4 heteroatoms. The van der Waals surface area contributed by atoms with Crippen LogP contribution in [0.15, 0.2) is 0 Å². The van der Waals surface area contributed by atoms with E-state index in [0.29, 0.717) is 5.41 Å². The standard InChI is InChI=1S/C10H18F2N2/c11-9(12)7-14-6-3-10(8-14)1-4-13-5-2-10/h9,13H,1-8H2. The molecule has 2 rings (SSSR count). The fourth-order valence-corrected chi connectivity index (χ4v) is 2.74. The lowest BCUT2D eigenvalue weighted by Gasteiger charge is -2.33. The maximum atomic E-state index is 12.2. The largest absolute Gasteiger partial charge is 0.317 e. The number of likely N-dealkylation sites (tertiary alicyclic amines) is 1. The van der Waals surface area contributed by atoms with Crippen LogP contribution in [0.3, 0.4) is 0 Å². The molecule has 0 atom stereocenters. The summed E-state index contributed by atoms with van der Waals surface area (Å²) in [6.45, 7) is 3.84. The van der Waals surface area contributed by atoms with Gasteiger partial charge in [-0.05, 0) is 44.3 Å². The molecule has 1 N–H and O–H groups in total. The van der Waals surface area contributed by atoms with Crippen molar-refractivity contribution < 1.29 is 8.78 Å². The summed E-state index contributed by atoms with van der Waals surface area (Å²) in [4.78, 5) is 1.93. The smallest absolute Gasteiger partial charge is 0.251 e. The molecule has 0 aromatic heterocycles.